The molecule has 2 heterocycles. The van der Waals surface area contributed by atoms with Crippen molar-refractivity contribution in [3.05, 3.63) is 126 Å². The van der Waals surface area contributed by atoms with Crippen molar-refractivity contribution in [2.75, 3.05) is 13.2 Å². The van der Waals surface area contributed by atoms with Crippen LogP contribution in [0.15, 0.2) is 65.1 Å². The highest BCUT2D eigenvalue weighted by atomic mass is 79.9. The molecule has 2 aromatic heterocycles. The number of halogens is 5. The Bertz CT molecular complexity index is 2700. The Morgan fingerprint density at radius 1 is 0.688 bits per heavy atom. The molecule has 2 aliphatic rings. The molecule has 0 aliphatic heterocycles. The van der Waals surface area contributed by atoms with Crippen LogP contribution in [-0.2, 0) is 22.7 Å². The highest BCUT2D eigenvalue weighted by molar-refractivity contribution is 9.10. The summed E-state index contributed by atoms with van der Waals surface area (Å²) < 4.78 is 80.6. The topological polar surface area (TPSA) is 198 Å². The molecule has 64 heavy (non-hydrogen) atoms. The van der Waals surface area contributed by atoms with Gasteiger partial charge in [-0.1, -0.05) is 47.0 Å². The number of ether oxygens (including phenoxy) is 4. The zero-order valence-corrected chi connectivity index (χ0v) is 37.4. The minimum Gasteiger partial charge on any atom is -0.483 e. The van der Waals surface area contributed by atoms with E-state index in [9.17, 15) is 36.7 Å². The highest BCUT2D eigenvalue weighted by Crippen LogP contribution is 2.47. The number of carbonyl (C=O) groups is 4. The number of fused-ring (bicyclic) bond motifs is 2. The van der Waals surface area contributed by atoms with Crippen LogP contribution in [0.1, 0.15) is 102 Å². The second-order valence-electron chi connectivity index (χ2n) is 14.5. The van der Waals surface area contributed by atoms with E-state index in [4.69, 9.17) is 40.5 Å². The first-order valence-electron chi connectivity index (χ1n) is 19.8. The van der Waals surface area contributed by atoms with Gasteiger partial charge in [0.15, 0.2) is 34.8 Å². The van der Waals surface area contributed by atoms with Crippen LogP contribution < -0.4 is 20.9 Å². The minimum absolute atomic E-state index is 0.187. The zero-order chi connectivity index (χ0) is 46.4. The van der Waals surface area contributed by atoms with Crippen molar-refractivity contribution in [2.45, 2.75) is 64.5 Å². The van der Waals surface area contributed by atoms with Crippen molar-refractivity contribution in [3.8, 4) is 11.5 Å². The lowest BCUT2D eigenvalue weighted by atomic mass is 9.84. The van der Waals surface area contributed by atoms with E-state index >= 15 is 0 Å². The molecule has 4 aromatic carbocycles. The van der Waals surface area contributed by atoms with Crippen molar-refractivity contribution >= 4 is 89.6 Å². The molecule has 2 aliphatic carbocycles. The fraction of sp³-hybridized carbons (Fsp3) is 0.273. The van der Waals surface area contributed by atoms with Gasteiger partial charge in [0, 0.05) is 46.9 Å². The van der Waals surface area contributed by atoms with Gasteiger partial charge in [-0.15, -0.1) is 22.7 Å². The van der Waals surface area contributed by atoms with E-state index in [1.165, 1.54) is 22.7 Å². The minimum atomic E-state index is -1.06. The molecule has 2 fully saturated rings. The summed E-state index contributed by atoms with van der Waals surface area (Å²) in [6, 6.07) is 14.5. The predicted octanol–water partition coefficient (Wildman–Crippen LogP) is 9.33. The summed E-state index contributed by atoms with van der Waals surface area (Å²) in [6.45, 7) is 3.29. The molecule has 0 radical (unpaired) electrons. The maximum absolute atomic E-state index is 14.3. The van der Waals surface area contributed by atoms with Crippen LogP contribution in [0.3, 0.4) is 0 Å². The van der Waals surface area contributed by atoms with Gasteiger partial charge in [-0.2, -0.15) is 0 Å². The first-order chi connectivity index (χ1) is 30.5. The fourth-order valence-corrected chi connectivity index (χ4v) is 9.51. The van der Waals surface area contributed by atoms with Crippen LogP contribution in [0.5, 0.6) is 11.5 Å². The van der Waals surface area contributed by atoms with Crippen LogP contribution in [0.4, 0.5) is 17.6 Å². The van der Waals surface area contributed by atoms with Crippen molar-refractivity contribution < 1.29 is 65.7 Å². The van der Waals surface area contributed by atoms with Crippen molar-refractivity contribution in [3.63, 3.8) is 0 Å². The molecule has 12 nitrogen and oxygen atoms in total. The second-order valence-corrected chi connectivity index (χ2v) is 17.4. The Hall–Kier alpha value is -5.54. The highest BCUT2D eigenvalue weighted by Gasteiger charge is 2.33. The van der Waals surface area contributed by atoms with Crippen LogP contribution >= 0.6 is 38.6 Å². The number of nitrogens with two attached hydrogens (primary N) is 2. The number of amides is 2. The molecule has 0 unspecified atom stereocenters. The number of carbonyl (C=O) groups excluding carboxylic acids is 4. The molecule has 2 amide bonds. The standard InChI is InChI=1S/C22H19F2NO4S.C19H14BrF2NO4S.C3H7BO2/c1-2-28-22(27)20-14(18-13(11-6-7-11)4-3-5-17(18)30-20)10-29-19-15(23)8-12(21(25)26)9-16(19)24;1-2-26-19(25)17-10(15-11(20)4-3-5-14(15)28-17)8-27-16-12(21)6-9(18(23)24)7-13(16)22;5-4(6)3-1-2-3/h3-5,8-9,11H,2,6-7,10H2,1H3,(H2,25,26);3-7H,2,8H2,1H3,(H2,23,24);3,5-6H,1-2H2. The van der Waals surface area contributed by atoms with Gasteiger partial charge in [-0.3, -0.25) is 9.59 Å². The van der Waals surface area contributed by atoms with Gasteiger partial charge >= 0.3 is 19.1 Å². The maximum atomic E-state index is 14.3. The van der Waals surface area contributed by atoms with Gasteiger partial charge in [0.25, 0.3) is 0 Å². The van der Waals surface area contributed by atoms with Crippen LogP contribution in [0, 0.1) is 23.3 Å². The molecule has 6 aromatic rings. The van der Waals surface area contributed by atoms with E-state index in [0.29, 0.717) is 36.7 Å². The summed E-state index contributed by atoms with van der Waals surface area (Å²) in [4.78, 5) is 47.8. The summed E-state index contributed by atoms with van der Waals surface area (Å²) in [6.07, 6.45) is 4.11. The number of rotatable bonds is 14. The number of thiophene rings is 2. The number of esters is 2. The smallest absolute Gasteiger partial charge is 0.454 e. The monoisotopic (exact) mass is 986 g/mol. The van der Waals surface area contributed by atoms with E-state index in [-0.39, 0.29) is 43.4 Å². The van der Waals surface area contributed by atoms with Crippen molar-refractivity contribution in [2.24, 2.45) is 11.5 Å². The van der Waals surface area contributed by atoms with Gasteiger partial charge in [-0.25, -0.2) is 27.2 Å². The maximum Gasteiger partial charge on any atom is 0.454 e. The number of hydrogen-bond acceptors (Lipinski definition) is 12. The largest absolute Gasteiger partial charge is 0.483 e. The summed E-state index contributed by atoms with van der Waals surface area (Å²) >= 11 is 5.91. The summed E-state index contributed by atoms with van der Waals surface area (Å²) in [5.41, 5.74) is 11.6. The van der Waals surface area contributed by atoms with Gasteiger partial charge in [0.05, 0.1) is 13.2 Å². The molecule has 0 saturated heterocycles. The molecule has 0 spiro atoms. The van der Waals surface area contributed by atoms with Crippen LogP contribution in [0.2, 0.25) is 5.82 Å². The van der Waals surface area contributed by atoms with E-state index < -0.39 is 65.6 Å². The Labute approximate surface area is 380 Å². The quantitative estimate of drug-likeness (QED) is 0.0464. The molecule has 336 valence electrons. The first kappa shape index (κ1) is 47.9. The average Bonchev–Trinajstić information content (AvgIpc) is 4.19. The molecular weight excluding hydrogens is 947 g/mol. The Morgan fingerprint density at radius 2 is 1.11 bits per heavy atom. The van der Waals surface area contributed by atoms with Crippen LogP contribution in [0.25, 0.3) is 20.2 Å². The normalized spacial score (nSPS) is 13.0. The molecule has 8 rings (SSSR count). The first-order valence-corrected chi connectivity index (χ1v) is 22.2. The van der Waals surface area contributed by atoms with Gasteiger partial charge in [0.1, 0.15) is 23.0 Å². The zero-order valence-electron chi connectivity index (χ0n) is 34.2. The van der Waals surface area contributed by atoms with E-state index in [2.05, 4.69) is 15.9 Å². The summed E-state index contributed by atoms with van der Waals surface area (Å²) in [5, 5.41) is 18.1. The van der Waals surface area contributed by atoms with Gasteiger partial charge in [-0.05, 0) is 86.5 Å². The number of primary amides is 2. The number of hydrogen-bond donors (Lipinski definition) is 4. The Balaban J connectivity index is 0.000000188. The van der Waals surface area contributed by atoms with E-state index in [0.717, 1.165) is 70.3 Å². The summed E-state index contributed by atoms with van der Waals surface area (Å²) in [5.74, 6) is -7.82. The third kappa shape index (κ3) is 11.2. The number of benzene rings is 4. The predicted molar refractivity (Wildman–Crippen MR) is 237 cm³/mol. The lowest BCUT2D eigenvalue weighted by Crippen LogP contribution is -2.13. The van der Waals surface area contributed by atoms with Crippen molar-refractivity contribution in [1.29, 1.82) is 0 Å². The molecule has 0 atom stereocenters. The summed E-state index contributed by atoms with van der Waals surface area (Å²) in [7, 11) is -1.04. The average molecular weight is 988 g/mol. The second kappa shape index (κ2) is 21.0. The third-order valence-electron chi connectivity index (χ3n) is 9.88. The fourth-order valence-electron chi connectivity index (χ4n) is 6.50. The van der Waals surface area contributed by atoms with Crippen molar-refractivity contribution in [1.82, 2.24) is 0 Å². The third-order valence-corrected chi connectivity index (χ3v) is 12.9. The van der Waals surface area contributed by atoms with Gasteiger partial charge < -0.3 is 40.5 Å². The van der Waals surface area contributed by atoms with E-state index in [1.807, 2.05) is 30.3 Å². The molecular formula is C44H40BBrF4N2O10S2. The van der Waals surface area contributed by atoms with Crippen LogP contribution in [-0.4, -0.2) is 54.1 Å². The molecule has 2 saturated carbocycles. The SMILES string of the molecule is CCOC(=O)c1sc2cccc(Br)c2c1COc1c(F)cc(C(N)=O)cc1F.CCOC(=O)c1sc2cccc(C3CC3)c2c1COc1c(F)cc(C(N)=O)cc1F.OB(O)C1CC1. The lowest BCUT2D eigenvalue weighted by molar-refractivity contribution is 0.0520. The lowest BCUT2D eigenvalue weighted by Gasteiger charge is -2.12. The molecule has 20 heteroatoms. The Morgan fingerprint density at radius 3 is 1.48 bits per heavy atom. The van der Waals surface area contributed by atoms with E-state index in [1.54, 1.807) is 19.9 Å². The molecule has 6 N–H and O–H groups in total. The van der Waals surface area contributed by atoms with Gasteiger partial charge in [0.2, 0.25) is 11.8 Å². The molecule has 0 bridgehead atoms. The Kier molecular flexibility index (Phi) is 15.7.